The Kier molecular flexibility index (Phi) is 4.03. The average molecular weight is 353 g/mol. The Hall–Kier alpha value is -1.00. The predicted molar refractivity (Wildman–Crippen MR) is 83.1 cm³/mol. The number of fused-ring (bicyclic) bond motifs is 1. The molecule has 104 valence electrons. The van der Waals surface area contributed by atoms with Crippen molar-refractivity contribution in [1.82, 2.24) is 0 Å². The lowest BCUT2D eigenvalue weighted by Gasteiger charge is -2.01. The number of rotatable bonds is 2. The van der Waals surface area contributed by atoms with Gasteiger partial charge in [-0.15, -0.1) is 11.3 Å². The van der Waals surface area contributed by atoms with Crippen molar-refractivity contribution in [2.45, 2.75) is 32.1 Å². The van der Waals surface area contributed by atoms with Crippen LogP contribution < -0.4 is 0 Å². The Morgan fingerprint density at radius 1 is 1.15 bits per heavy atom. The number of halogens is 2. The fourth-order valence-electron chi connectivity index (χ4n) is 2.58. The van der Waals surface area contributed by atoms with Gasteiger partial charge in [0.15, 0.2) is 0 Å². The first-order valence-corrected chi connectivity index (χ1v) is 8.37. The van der Waals surface area contributed by atoms with E-state index in [0.717, 1.165) is 17.3 Å². The Morgan fingerprint density at radius 3 is 2.80 bits per heavy atom. The van der Waals surface area contributed by atoms with Crippen molar-refractivity contribution in [1.29, 1.82) is 0 Å². The summed E-state index contributed by atoms with van der Waals surface area (Å²) in [6.07, 6.45) is 5.72. The quantitative estimate of drug-likeness (QED) is 0.539. The summed E-state index contributed by atoms with van der Waals surface area (Å²) in [7, 11) is 0. The molecule has 0 amide bonds. The third-order valence-corrected chi connectivity index (χ3v) is 5.37. The molecule has 1 nitrogen and oxygen atoms in total. The topological polar surface area (TPSA) is 17.1 Å². The summed E-state index contributed by atoms with van der Waals surface area (Å²) in [6, 6.07) is 6.46. The van der Waals surface area contributed by atoms with Gasteiger partial charge in [-0.25, -0.2) is 4.39 Å². The van der Waals surface area contributed by atoms with Crippen LogP contribution in [0.2, 0.25) is 0 Å². The Morgan fingerprint density at radius 2 is 1.95 bits per heavy atom. The molecule has 0 unspecified atom stereocenters. The van der Waals surface area contributed by atoms with Gasteiger partial charge in [0.05, 0.1) is 10.4 Å². The number of aryl methyl sites for hydroxylation is 2. The lowest BCUT2D eigenvalue weighted by molar-refractivity contribution is 0.103. The minimum Gasteiger partial charge on any atom is -0.288 e. The molecule has 4 heteroatoms. The van der Waals surface area contributed by atoms with E-state index in [1.807, 2.05) is 6.07 Å². The normalized spacial score (nSPS) is 14.7. The lowest BCUT2D eigenvalue weighted by Crippen LogP contribution is -2.02. The van der Waals surface area contributed by atoms with E-state index in [1.54, 1.807) is 12.1 Å². The van der Waals surface area contributed by atoms with Crippen molar-refractivity contribution in [3.8, 4) is 0 Å². The fourth-order valence-corrected chi connectivity index (χ4v) is 4.15. The van der Waals surface area contributed by atoms with Crippen LogP contribution in [0.4, 0.5) is 4.39 Å². The molecule has 1 aromatic heterocycles. The smallest absolute Gasteiger partial charge is 0.205 e. The minimum absolute atomic E-state index is 0.149. The molecule has 0 bridgehead atoms. The van der Waals surface area contributed by atoms with Crippen molar-refractivity contribution < 1.29 is 9.18 Å². The van der Waals surface area contributed by atoms with E-state index in [4.69, 9.17) is 0 Å². The van der Waals surface area contributed by atoms with Crippen molar-refractivity contribution in [2.24, 2.45) is 0 Å². The zero-order chi connectivity index (χ0) is 14.1. The van der Waals surface area contributed by atoms with Crippen LogP contribution in [0.1, 0.15) is 44.9 Å². The number of thiophene rings is 1. The zero-order valence-corrected chi connectivity index (χ0v) is 13.3. The highest BCUT2D eigenvalue weighted by Crippen LogP contribution is 2.31. The zero-order valence-electron chi connectivity index (χ0n) is 10.9. The maximum atomic E-state index is 13.8. The maximum absolute atomic E-state index is 13.8. The molecule has 0 fully saturated rings. The van der Waals surface area contributed by atoms with Gasteiger partial charge in [-0.2, -0.15) is 0 Å². The molecule has 1 heterocycles. The van der Waals surface area contributed by atoms with E-state index in [1.165, 1.54) is 47.1 Å². The van der Waals surface area contributed by atoms with Crippen LogP contribution in [0, 0.1) is 5.82 Å². The van der Waals surface area contributed by atoms with Gasteiger partial charge in [0.1, 0.15) is 5.82 Å². The number of benzene rings is 1. The second-order valence-electron chi connectivity index (χ2n) is 5.07. The first-order chi connectivity index (χ1) is 9.65. The summed E-state index contributed by atoms with van der Waals surface area (Å²) in [5, 5.41) is 0. The summed E-state index contributed by atoms with van der Waals surface area (Å²) in [5.41, 5.74) is 1.43. The molecule has 2 aromatic rings. The van der Waals surface area contributed by atoms with E-state index in [9.17, 15) is 9.18 Å². The van der Waals surface area contributed by atoms with Gasteiger partial charge in [-0.05, 0) is 55.5 Å². The second-order valence-corrected chi connectivity index (χ2v) is 7.13. The lowest BCUT2D eigenvalue weighted by atomic mass is 10.1. The van der Waals surface area contributed by atoms with Gasteiger partial charge < -0.3 is 0 Å². The van der Waals surface area contributed by atoms with E-state index >= 15 is 0 Å². The number of hydrogen-bond acceptors (Lipinski definition) is 2. The molecule has 0 atom stereocenters. The van der Waals surface area contributed by atoms with E-state index in [2.05, 4.69) is 15.9 Å². The van der Waals surface area contributed by atoms with Crippen LogP contribution in [-0.2, 0) is 12.8 Å². The number of carbonyl (C=O) groups excluding carboxylic acids is 1. The molecule has 3 rings (SSSR count). The molecule has 0 N–H and O–H groups in total. The van der Waals surface area contributed by atoms with Gasteiger partial charge in [-0.1, -0.05) is 22.4 Å². The molecule has 0 saturated carbocycles. The van der Waals surface area contributed by atoms with Gasteiger partial charge in [-0.3, -0.25) is 4.79 Å². The first kappa shape index (κ1) is 14.0. The highest BCUT2D eigenvalue weighted by Gasteiger charge is 2.20. The van der Waals surface area contributed by atoms with Crippen molar-refractivity contribution in [2.75, 3.05) is 0 Å². The highest BCUT2D eigenvalue weighted by molar-refractivity contribution is 9.10. The Balaban J connectivity index is 1.96. The molecule has 0 spiro atoms. The Labute approximate surface area is 130 Å². The van der Waals surface area contributed by atoms with Crippen molar-refractivity contribution in [3.63, 3.8) is 0 Å². The second kappa shape index (κ2) is 5.78. The largest absolute Gasteiger partial charge is 0.288 e. The third-order valence-electron chi connectivity index (χ3n) is 3.64. The predicted octanol–water partition coefficient (Wildman–Crippen LogP) is 5.15. The standard InChI is InChI=1S/C16H14BrFOS/c17-11-6-7-13(18)12(9-11)16(19)15-8-10-4-2-1-3-5-14(10)20-15/h6-9H,1-5H2. The molecule has 0 saturated heterocycles. The minimum atomic E-state index is -0.457. The summed E-state index contributed by atoms with van der Waals surface area (Å²) in [5.74, 6) is -0.663. The SMILES string of the molecule is O=C(c1cc2c(s1)CCCCC2)c1cc(Br)ccc1F. The summed E-state index contributed by atoms with van der Waals surface area (Å²) >= 11 is 4.82. The molecule has 1 aliphatic rings. The number of hydrogen-bond donors (Lipinski definition) is 0. The van der Waals surface area contributed by atoms with Gasteiger partial charge in [0, 0.05) is 9.35 Å². The van der Waals surface area contributed by atoms with E-state index < -0.39 is 5.82 Å². The van der Waals surface area contributed by atoms with Crippen LogP contribution in [0.5, 0.6) is 0 Å². The van der Waals surface area contributed by atoms with Crippen molar-refractivity contribution >= 4 is 33.0 Å². The van der Waals surface area contributed by atoms with E-state index in [-0.39, 0.29) is 11.3 Å². The monoisotopic (exact) mass is 352 g/mol. The van der Waals surface area contributed by atoms with Crippen molar-refractivity contribution in [3.05, 3.63) is 55.4 Å². The van der Waals surface area contributed by atoms with Crippen LogP contribution in [-0.4, -0.2) is 5.78 Å². The summed E-state index contributed by atoms with van der Waals surface area (Å²) < 4.78 is 14.5. The fraction of sp³-hybridized carbons (Fsp3) is 0.312. The number of carbonyl (C=O) groups is 1. The molecule has 0 aliphatic heterocycles. The summed E-state index contributed by atoms with van der Waals surface area (Å²) in [6.45, 7) is 0. The molecule has 20 heavy (non-hydrogen) atoms. The maximum Gasteiger partial charge on any atom is 0.205 e. The molecular formula is C16H14BrFOS. The van der Waals surface area contributed by atoms with Crippen LogP contribution in [0.3, 0.4) is 0 Å². The van der Waals surface area contributed by atoms with Gasteiger partial charge in [0.2, 0.25) is 5.78 Å². The third kappa shape index (κ3) is 2.72. The van der Waals surface area contributed by atoms with Crippen LogP contribution in [0.25, 0.3) is 0 Å². The van der Waals surface area contributed by atoms with E-state index in [0.29, 0.717) is 4.88 Å². The van der Waals surface area contributed by atoms with Gasteiger partial charge in [0.25, 0.3) is 0 Å². The van der Waals surface area contributed by atoms with Crippen LogP contribution in [0.15, 0.2) is 28.7 Å². The average Bonchev–Trinajstić information content (AvgIpc) is 2.72. The molecule has 0 radical (unpaired) electrons. The number of ketones is 1. The molecule has 1 aromatic carbocycles. The Bertz CT molecular complexity index is 639. The summed E-state index contributed by atoms with van der Waals surface area (Å²) in [4.78, 5) is 14.4. The van der Waals surface area contributed by atoms with Gasteiger partial charge >= 0.3 is 0 Å². The molecular weight excluding hydrogens is 339 g/mol. The van der Waals surface area contributed by atoms with Crippen LogP contribution >= 0.6 is 27.3 Å². The highest BCUT2D eigenvalue weighted by atomic mass is 79.9. The first-order valence-electron chi connectivity index (χ1n) is 6.76. The molecule has 1 aliphatic carbocycles.